The minimum Gasteiger partial charge on any atom is -0.515 e. The Balaban J connectivity index is 1.26. The number of aliphatic hydroxyl groups is 2. The van der Waals surface area contributed by atoms with E-state index >= 15 is 0 Å². The first-order chi connectivity index (χ1) is 31.1. The first-order valence-electron chi connectivity index (χ1n) is 24.2. The van der Waals surface area contributed by atoms with Crippen molar-refractivity contribution in [3.8, 4) is 0 Å². The molecule has 3 aliphatic rings. The number of aromatic amines is 2. The van der Waals surface area contributed by atoms with Crippen molar-refractivity contribution in [2.24, 2.45) is 17.8 Å². The summed E-state index contributed by atoms with van der Waals surface area (Å²) in [5.74, 6) is -0.463. The van der Waals surface area contributed by atoms with E-state index in [0.29, 0.717) is 56.6 Å². The van der Waals surface area contributed by atoms with Gasteiger partial charge in [-0.25, -0.2) is 4.98 Å². The van der Waals surface area contributed by atoms with Gasteiger partial charge in [0.1, 0.15) is 18.3 Å². The summed E-state index contributed by atoms with van der Waals surface area (Å²) in [4.78, 5) is 44.5. The number of hydrogen-bond donors (Lipinski definition) is 4. The molecule has 0 aromatic carbocycles. The third-order valence-corrected chi connectivity index (χ3v) is 14.3. The van der Waals surface area contributed by atoms with Crippen molar-refractivity contribution in [2.45, 2.75) is 157 Å². The molecule has 350 valence electrons. The highest BCUT2D eigenvalue weighted by atomic mass is 16.5. The number of H-pyrrole nitrogens is 2. The number of nitrogens with one attached hydrogen (secondary N) is 2. The molecule has 0 saturated heterocycles. The average Bonchev–Trinajstić information content (AvgIpc) is 4.02. The molecule has 0 radical (unpaired) electrons. The fourth-order valence-electron chi connectivity index (χ4n) is 10.2. The van der Waals surface area contributed by atoms with Gasteiger partial charge in [-0.05, 0) is 105 Å². The minimum atomic E-state index is -1.14. The van der Waals surface area contributed by atoms with Gasteiger partial charge in [0.05, 0.1) is 35.6 Å². The number of aliphatic hydroxyl groups excluding tert-OH is 2. The van der Waals surface area contributed by atoms with E-state index in [2.05, 4.69) is 65.0 Å². The maximum atomic E-state index is 13.6. The molecule has 65 heavy (non-hydrogen) atoms. The largest absolute Gasteiger partial charge is 0.515 e. The Morgan fingerprint density at radius 1 is 0.908 bits per heavy atom. The molecule has 10 nitrogen and oxygen atoms in total. The molecule has 2 aliphatic heterocycles. The molecule has 0 unspecified atom stereocenters. The number of aromatic nitrogens is 4. The van der Waals surface area contributed by atoms with E-state index in [-0.39, 0.29) is 36.6 Å². The number of fused-ring (bicyclic) bond motifs is 8. The van der Waals surface area contributed by atoms with E-state index < -0.39 is 11.9 Å². The summed E-state index contributed by atoms with van der Waals surface area (Å²) < 4.78 is 11.1. The first-order valence-corrected chi connectivity index (χ1v) is 24.2. The summed E-state index contributed by atoms with van der Waals surface area (Å²) in [6, 6.07) is 5.93. The zero-order valence-corrected chi connectivity index (χ0v) is 40.7. The Morgan fingerprint density at radius 2 is 1.58 bits per heavy atom. The molecule has 5 atom stereocenters. The number of carbonyl (C=O) groups is 2. The molecule has 0 amide bonds. The molecule has 6 rings (SSSR count). The molecular formula is C55H74N4O6. The molecule has 3 aromatic heterocycles. The van der Waals surface area contributed by atoms with Crippen molar-refractivity contribution < 1.29 is 29.3 Å². The molecule has 1 aliphatic carbocycles. The van der Waals surface area contributed by atoms with Gasteiger partial charge in [0, 0.05) is 62.4 Å². The summed E-state index contributed by atoms with van der Waals surface area (Å²) in [5, 5.41) is 23.7. The summed E-state index contributed by atoms with van der Waals surface area (Å²) in [5.41, 5.74) is 10.8. The summed E-state index contributed by atoms with van der Waals surface area (Å²) >= 11 is 0. The maximum absolute atomic E-state index is 13.6. The Hall–Kier alpha value is -5.38. The van der Waals surface area contributed by atoms with Gasteiger partial charge < -0.3 is 29.7 Å². The fourth-order valence-corrected chi connectivity index (χ4v) is 10.2. The lowest BCUT2D eigenvalue weighted by Crippen LogP contribution is -2.18. The topological polar surface area (TPSA) is 150 Å². The number of carbonyl (C=O) groups excluding carboxylic acids is 2. The van der Waals surface area contributed by atoms with Gasteiger partial charge in [0.25, 0.3) is 0 Å². The Kier molecular flexibility index (Phi) is 16.4. The van der Waals surface area contributed by atoms with Crippen LogP contribution in [0.4, 0.5) is 0 Å². The van der Waals surface area contributed by atoms with Crippen LogP contribution in [0.15, 0.2) is 42.2 Å². The second kappa shape index (κ2) is 21.7. The number of rotatable bonds is 20. The van der Waals surface area contributed by atoms with Crippen molar-refractivity contribution >= 4 is 57.5 Å². The predicted molar refractivity (Wildman–Crippen MR) is 265 cm³/mol. The van der Waals surface area contributed by atoms with Crippen LogP contribution in [0.1, 0.15) is 183 Å². The number of aryl methyl sites for hydroxylation is 2. The third-order valence-electron chi connectivity index (χ3n) is 14.3. The lowest BCUT2D eigenvalue weighted by Gasteiger charge is -2.19. The van der Waals surface area contributed by atoms with Gasteiger partial charge >= 0.3 is 11.9 Å². The van der Waals surface area contributed by atoms with Gasteiger partial charge in [0.2, 0.25) is 0 Å². The van der Waals surface area contributed by atoms with Crippen LogP contribution in [-0.2, 0) is 25.5 Å². The summed E-state index contributed by atoms with van der Waals surface area (Å²) in [6.07, 6.45) is 17.3. The van der Waals surface area contributed by atoms with Crippen molar-refractivity contribution in [1.29, 1.82) is 0 Å². The lowest BCUT2D eigenvalue weighted by atomic mass is 9.84. The normalized spacial score (nSPS) is 18.4. The smallest absolute Gasteiger partial charge is 0.321 e. The van der Waals surface area contributed by atoms with E-state index in [4.69, 9.17) is 19.4 Å². The standard InChI is InChI=1S/C55H74N4O6/c1-12-38-35(8)42-27-46-39(13-2)41(30-60)47(57-46)28-43-36(9)40(52(58-43)50-51(55(63)64-11)54(62)49-37(10)44(59-53(49)50)29-45(38)56-42)23-24-48(61)65-26-25-34(7)22-16-21-33(6)20-15-19-32(5)18-14-17-31(3)4/h13,25,27-33,36,40,51,56-57,60,62H,2,12,14-24,26H2,1,3-11H3/b34-25+,41-30?,42-27?,45-29?,47-28?,52-50?/t32-,33-,36+,40+,51-/m1/s1. The van der Waals surface area contributed by atoms with E-state index in [0.717, 1.165) is 76.2 Å². The molecule has 3 aromatic rings. The SMILES string of the molecule is C=Cc1c(=CO)c2cc3nc(c4c5nc(cc6[nH]c(cc1[nH]2)c(C)c6CC)=C(C)C5=C(O)[C@@H]4C(=O)OC)[C@@H](CCC(=O)OC/C=C(\C)CCC[C@H](C)CCC[C@H](C)CCCC(C)C)[C@@H]3C. The molecule has 0 fully saturated rings. The number of nitrogens with zero attached hydrogens (tertiary/aromatic N) is 2. The van der Waals surface area contributed by atoms with Crippen LogP contribution in [0.25, 0.3) is 45.6 Å². The second-order valence-electron chi connectivity index (χ2n) is 19.5. The van der Waals surface area contributed by atoms with E-state index in [1.165, 1.54) is 57.6 Å². The van der Waals surface area contributed by atoms with Gasteiger partial charge in [-0.3, -0.25) is 14.6 Å². The van der Waals surface area contributed by atoms with Crippen LogP contribution >= 0.6 is 0 Å². The van der Waals surface area contributed by atoms with E-state index in [1.807, 2.05) is 38.1 Å². The first kappa shape index (κ1) is 49.1. The van der Waals surface area contributed by atoms with Crippen LogP contribution in [-0.4, -0.2) is 55.8 Å². The van der Waals surface area contributed by atoms with Gasteiger partial charge in [-0.2, -0.15) is 0 Å². The molecule has 8 bridgehead atoms. The third kappa shape index (κ3) is 10.8. The lowest BCUT2D eigenvalue weighted by molar-refractivity contribution is -0.143. The van der Waals surface area contributed by atoms with E-state index in [9.17, 15) is 19.8 Å². The number of hydrogen-bond acceptors (Lipinski definition) is 8. The molecular weight excluding hydrogens is 813 g/mol. The van der Waals surface area contributed by atoms with Gasteiger partial charge in [-0.1, -0.05) is 105 Å². The number of esters is 2. The van der Waals surface area contributed by atoms with Crippen molar-refractivity contribution in [2.75, 3.05) is 13.7 Å². The Morgan fingerprint density at radius 3 is 2.23 bits per heavy atom. The predicted octanol–water partition coefficient (Wildman–Crippen LogP) is 12.1. The second-order valence-corrected chi connectivity index (χ2v) is 19.5. The zero-order valence-electron chi connectivity index (χ0n) is 40.7. The number of ether oxygens (including phenoxy) is 2. The summed E-state index contributed by atoms with van der Waals surface area (Å²) in [6.45, 7) is 23.9. The van der Waals surface area contributed by atoms with Gasteiger partial charge in [0.15, 0.2) is 0 Å². The number of allylic oxidation sites excluding steroid dienone is 2. The Labute approximate surface area is 386 Å². The molecule has 10 heteroatoms. The van der Waals surface area contributed by atoms with Crippen molar-refractivity contribution in [3.63, 3.8) is 0 Å². The van der Waals surface area contributed by atoms with Crippen LogP contribution < -0.4 is 10.6 Å². The molecule has 5 heterocycles. The number of methoxy groups -OCH3 is 1. The van der Waals surface area contributed by atoms with Crippen LogP contribution in [0.2, 0.25) is 0 Å². The molecule has 4 N–H and O–H groups in total. The van der Waals surface area contributed by atoms with Crippen molar-refractivity contribution in [3.05, 3.63) is 92.1 Å². The highest BCUT2D eigenvalue weighted by molar-refractivity contribution is 6.06. The molecule has 0 spiro atoms. The highest BCUT2D eigenvalue weighted by Gasteiger charge is 2.45. The highest BCUT2D eigenvalue weighted by Crippen LogP contribution is 2.50. The Bertz CT molecular complexity index is 2630. The fraction of sp³-hybridized carbons (Fsp3) is 0.527. The maximum Gasteiger partial charge on any atom is 0.321 e. The molecule has 0 saturated carbocycles. The zero-order chi connectivity index (χ0) is 47.1. The quantitative estimate of drug-likeness (QED) is 0.0647. The van der Waals surface area contributed by atoms with Crippen LogP contribution in [0, 0.1) is 24.7 Å². The van der Waals surface area contributed by atoms with Crippen molar-refractivity contribution in [1.82, 2.24) is 19.9 Å². The van der Waals surface area contributed by atoms with E-state index in [1.54, 1.807) is 6.08 Å². The summed E-state index contributed by atoms with van der Waals surface area (Å²) in [7, 11) is 1.31. The van der Waals surface area contributed by atoms with Crippen LogP contribution in [0.5, 0.6) is 0 Å². The van der Waals surface area contributed by atoms with Crippen LogP contribution in [0.3, 0.4) is 0 Å². The van der Waals surface area contributed by atoms with Gasteiger partial charge in [-0.15, -0.1) is 0 Å². The average molecular weight is 887 g/mol. The minimum absolute atomic E-state index is 0.123. The monoisotopic (exact) mass is 887 g/mol.